The van der Waals surface area contributed by atoms with Gasteiger partial charge in [0.05, 0.1) is 5.69 Å². The largest absolute Gasteiger partial charge is 0.353 e. The third-order valence-corrected chi connectivity index (χ3v) is 3.66. The molecule has 0 unspecified atom stereocenters. The molecule has 0 atom stereocenters. The molecule has 2 amide bonds. The van der Waals surface area contributed by atoms with Crippen LogP contribution in [0.25, 0.3) is 10.4 Å². The van der Waals surface area contributed by atoms with Gasteiger partial charge in [-0.1, -0.05) is 5.11 Å². The van der Waals surface area contributed by atoms with Crippen molar-refractivity contribution in [1.29, 1.82) is 0 Å². The highest BCUT2D eigenvalue weighted by atomic mass is 32.2. The highest BCUT2D eigenvalue weighted by Gasteiger charge is 2.08. The summed E-state index contributed by atoms with van der Waals surface area (Å²) in [6.07, 6.45) is 0. The van der Waals surface area contributed by atoms with Crippen molar-refractivity contribution in [3.8, 4) is 0 Å². The molecule has 1 aromatic rings. The third-order valence-electron chi connectivity index (χ3n) is 2.68. The Hall–Kier alpha value is -2.33. The highest BCUT2D eigenvalue weighted by Crippen LogP contribution is 2.19. The van der Waals surface area contributed by atoms with E-state index in [2.05, 4.69) is 25.5 Å². The van der Waals surface area contributed by atoms with Crippen LogP contribution in [-0.4, -0.2) is 43.0 Å². The van der Waals surface area contributed by atoms with Gasteiger partial charge in [0.2, 0.25) is 5.91 Å². The average molecular weight is 356 g/mol. The van der Waals surface area contributed by atoms with Gasteiger partial charge >= 0.3 is 0 Å². The maximum Gasteiger partial charge on any atom is 0.251 e. The number of nitrogens with two attached hydrogens (primary N) is 1. The van der Waals surface area contributed by atoms with Crippen molar-refractivity contribution in [2.24, 2.45) is 11.0 Å². The zero-order valence-corrected chi connectivity index (χ0v) is 13.5. The van der Waals surface area contributed by atoms with Gasteiger partial charge in [-0.25, -0.2) is 10.3 Å². The Balaban J connectivity index is 2.26. The van der Waals surface area contributed by atoms with Gasteiger partial charge in [0.1, 0.15) is 12.4 Å². The topological polar surface area (TPSA) is 142 Å². The lowest BCUT2D eigenvalue weighted by molar-refractivity contribution is -0.125. The van der Waals surface area contributed by atoms with Crippen molar-refractivity contribution in [2.45, 2.75) is 0 Å². The quantitative estimate of drug-likeness (QED) is 0.190. The molecular weight excluding hydrogens is 339 g/mol. The average Bonchev–Trinajstić information content (AvgIpc) is 2.56. The minimum Gasteiger partial charge on any atom is -0.353 e. The van der Waals surface area contributed by atoms with Crippen LogP contribution in [0.3, 0.4) is 0 Å². The molecule has 0 saturated heterocycles. The van der Waals surface area contributed by atoms with Crippen LogP contribution >= 0.6 is 11.8 Å². The van der Waals surface area contributed by atoms with E-state index < -0.39 is 11.7 Å². The standard InChI is InChI=1S/C13H17FN6O3S/c14-10-2-1-9(7-11(10)19-20-15)13(22)18-4-6-24-5-3-17-12(21)8-23-16/h1-2,7H,3-6,8,16H2,(H,17,21)(H,18,22). The van der Waals surface area contributed by atoms with E-state index in [1.165, 1.54) is 23.9 Å². The Bertz CT molecular complexity index is 624. The number of carbonyl (C=O) groups is 2. The van der Waals surface area contributed by atoms with Crippen molar-refractivity contribution in [3.05, 3.63) is 40.0 Å². The van der Waals surface area contributed by atoms with Gasteiger partial charge in [0.25, 0.3) is 5.91 Å². The second kappa shape index (κ2) is 11.2. The third kappa shape index (κ3) is 7.29. The van der Waals surface area contributed by atoms with Crippen LogP contribution in [0.4, 0.5) is 10.1 Å². The molecule has 9 nitrogen and oxygen atoms in total. The lowest BCUT2D eigenvalue weighted by atomic mass is 10.2. The fraction of sp³-hybridized carbons (Fsp3) is 0.385. The lowest BCUT2D eigenvalue weighted by Crippen LogP contribution is -2.31. The van der Waals surface area contributed by atoms with Crippen molar-refractivity contribution in [1.82, 2.24) is 10.6 Å². The molecule has 0 aliphatic rings. The van der Waals surface area contributed by atoms with Crippen LogP contribution < -0.4 is 16.5 Å². The molecule has 0 bridgehead atoms. The molecule has 0 aromatic heterocycles. The first kappa shape index (κ1) is 19.7. The van der Waals surface area contributed by atoms with Gasteiger partial charge in [-0.2, -0.15) is 11.8 Å². The molecule has 1 rings (SSSR count). The normalized spacial score (nSPS) is 9.92. The number of halogens is 1. The minimum absolute atomic E-state index is 0.184. The number of carbonyl (C=O) groups excluding carboxylic acids is 2. The van der Waals surface area contributed by atoms with Crippen LogP contribution in [0.15, 0.2) is 23.3 Å². The number of amides is 2. The summed E-state index contributed by atoms with van der Waals surface area (Å²) in [4.78, 5) is 29.6. The second-order valence-electron chi connectivity index (χ2n) is 4.38. The highest BCUT2D eigenvalue weighted by molar-refractivity contribution is 7.99. The molecule has 4 N–H and O–H groups in total. The van der Waals surface area contributed by atoms with Crippen molar-refractivity contribution < 1.29 is 18.8 Å². The molecular formula is C13H17FN6O3S. The number of nitrogens with zero attached hydrogens (tertiary/aromatic N) is 3. The fourth-order valence-electron chi connectivity index (χ4n) is 1.61. The van der Waals surface area contributed by atoms with E-state index in [4.69, 9.17) is 11.4 Å². The van der Waals surface area contributed by atoms with Crippen LogP contribution in [0.5, 0.6) is 0 Å². The second-order valence-corrected chi connectivity index (χ2v) is 5.61. The van der Waals surface area contributed by atoms with E-state index >= 15 is 0 Å². The first-order valence-corrected chi connectivity index (χ1v) is 8.03. The van der Waals surface area contributed by atoms with Gasteiger partial charge in [0.15, 0.2) is 0 Å². The molecule has 0 radical (unpaired) electrons. The number of thioether (sulfide) groups is 1. The van der Waals surface area contributed by atoms with Crippen molar-refractivity contribution in [3.63, 3.8) is 0 Å². The number of azide groups is 1. The van der Waals surface area contributed by atoms with E-state index in [9.17, 15) is 14.0 Å². The zero-order valence-electron chi connectivity index (χ0n) is 12.7. The maximum atomic E-state index is 13.3. The monoisotopic (exact) mass is 356 g/mol. The fourth-order valence-corrected chi connectivity index (χ4v) is 2.31. The van der Waals surface area contributed by atoms with Crippen LogP contribution in [0.1, 0.15) is 10.4 Å². The summed E-state index contributed by atoms with van der Waals surface area (Å²) in [6, 6.07) is 3.57. The van der Waals surface area contributed by atoms with E-state index in [0.717, 1.165) is 6.07 Å². The van der Waals surface area contributed by atoms with E-state index in [1.807, 2.05) is 0 Å². The van der Waals surface area contributed by atoms with E-state index in [1.54, 1.807) is 0 Å². The number of rotatable bonds is 10. The van der Waals surface area contributed by atoms with Crippen molar-refractivity contribution >= 4 is 29.3 Å². The van der Waals surface area contributed by atoms with Crippen LogP contribution in [0, 0.1) is 5.82 Å². The zero-order chi connectivity index (χ0) is 17.8. The molecule has 0 heterocycles. The maximum absolute atomic E-state index is 13.3. The Morgan fingerprint density at radius 1 is 1.33 bits per heavy atom. The predicted molar refractivity (Wildman–Crippen MR) is 88.0 cm³/mol. The molecule has 0 spiro atoms. The number of hydrogen-bond acceptors (Lipinski definition) is 6. The molecule has 130 valence electrons. The summed E-state index contributed by atoms with van der Waals surface area (Å²) in [5.41, 5.74) is 8.31. The Labute approximate surface area is 141 Å². The molecule has 1 aromatic carbocycles. The summed E-state index contributed by atoms with van der Waals surface area (Å²) in [5.74, 6) is 4.69. The van der Waals surface area contributed by atoms with Crippen molar-refractivity contribution in [2.75, 3.05) is 31.2 Å². The first-order valence-electron chi connectivity index (χ1n) is 6.87. The van der Waals surface area contributed by atoms with Crippen LogP contribution in [0.2, 0.25) is 0 Å². The molecule has 11 heteroatoms. The molecule has 24 heavy (non-hydrogen) atoms. The number of benzene rings is 1. The number of nitrogens with one attached hydrogen (secondary N) is 2. The van der Waals surface area contributed by atoms with Gasteiger partial charge in [0, 0.05) is 35.1 Å². The van der Waals surface area contributed by atoms with Gasteiger partial charge in [-0.15, -0.1) is 0 Å². The first-order chi connectivity index (χ1) is 11.6. The smallest absolute Gasteiger partial charge is 0.251 e. The Kier molecular flexibility index (Phi) is 9.24. The lowest BCUT2D eigenvalue weighted by Gasteiger charge is -2.07. The Morgan fingerprint density at radius 3 is 2.71 bits per heavy atom. The van der Waals surface area contributed by atoms with E-state index in [0.29, 0.717) is 24.6 Å². The molecule has 0 saturated carbocycles. The Morgan fingerprint density at radius 2 is 2.04 bits per heavy atom. The summed E-state index contributed by atoms with van der Waals surface area (Å²) in [5, 5.41) is 8.45. The predicted octanol–water partition coefficient (Wildman–Crippen LogP) is 1.24. The minimum atomic E-state index is -0.693. The van der Waals surface area contributed by atoms with E-state index in [-0.39, 0.29) is 23.8 Å². The summed E-state index contributed by atoms with van der Waals surface area (Å²) in [6.45, 7) is 0.683. The summed E-state index contributed by atoms with van der Waals surface area (Å²) >= 11 is 1.54. The number of hydrogen-bond donors (Lipinski definition) is 3. The SMILES string of the molecule is [N-]=[N+]=Nc1cc(C(=O)NCCSCCNC(=O)CON)ccc1F. The van der Waals surface area contributed by atoms with Gasteiger partial charge < -0.3 is 10.6 Å². The molecule has 0 fully saturated rings. The van der Waals surface area contributed by atoms with Gasteiger partial charge in [-0.3, -0.25) is 14.4 Å². The summed E-state index contributed by atoms with van der Waals surface area (Å²) in [7, 11) is 0. The molecule has 0 aliphatic heterocycles. The van der Waals surface area contributed by atoms with Crippen LogP contribution in [-0.2, 0) is 9.63 Å². The summed E-state index contributed by atoms with van der Waals surface area (Å²) < 4.78 is 13.3. The van der Waals surface area contributed by atoms with Gasteiger partial charge in [-0.05, 0) is 23.7 Å². The molecule has 0 aliphatic carbocycles.